The van der Waals surface area contributed by atoms with E-state index in [2.05, 4.69) is 0 Å². The van der Waals surface area contributed by atoms with Gasteiger partial charge in [-0.05, 0) is 13.8 Å². The summed E-state index contributed by atoms with van der Waals surface area (Å²) in [5.41, 5.74) is 0. The van der Waals surface area contributed by atoms with Gasteiger partial charge in [0.2, 0.25) is 0 Å². The third-order valence-corrected chi connectivity index (χ3v) is 1.71. The summed E-state index contributed by atoms with van der Waals surface area (Å²) in [6.45, 7) is 3.90. The molecule has 0 aliphatic carbocycles. The van der Waals surface area contributed by atoms with E-state index in [9.17, 15) is 0 Å². The molecule has 0 aliphatic heterocycles. The normalized spacial score (nSPS) is 11.2. The summed E-state index contributed by atoms with van der Waals surface area (Å²) in [4.78, 5) is 0. The first-order chi connectivity index (χ1) is 3.63. The second-order valence-corrected chi connectivity index (χ2v) is 4.46. The van der Waals surface area contributed by atoms with Gasteiger partial charge in [-0.15, -0.1) is 23.2 Å². The van der Waals surface area contributed by atoms with Crippen LogP contribution in [0, 0.1) is 0 Å². The molecule has 8 heavy (non-hydrogen) atoms. The van der Waals surface area contributed by atoms with Crippen LogP contribution in [0.2, 0.25) is 0 Å². The lowest BCUT2D eigenvalue weighted by Gasteiger charge is -2.04. The molecule has 0 rings (SSSR count). The van der Waals surface area contributed by atoms with E-state index < -0.39 is 0 Å². The Morgan fingerprint density at radius 2 is 1.88 bits per heavy atom. The maximum Gasteiger partial charge on any atom is 0.266 e. The lowest BCUT2D eigenvalue weighted by Crippen LogP contribution is -2.12. The third kappa shape index (κ3) is 6.76. The highest BCUT2D eigenvalue weighted by atomic mass is 35.5. The Bertz CT molecular complexity index is 50.0. The first-order valence-electron chi connectivity index (χ1n) is 2.32. The molecule has 0 amide bonds. The van der Waals surface area contributed by atoms with E-state index in [4.69, 9.17) is 27.6 Å². The quantitative estimate of drug-likeness (QED) is 0.464. The fourth-order valence-corrected chi connectivity index (χ4v) is 0.871. The van der Waals surface area contributed by atoms with E-state index in [-0.39, 0.29) is 20.3 Å². The molecular weight excluding hydrogens is 163 g/mol. The Hall–Kier alpha value is 0.757. The smallest absolute Gasteiger partial charge is 0.266 e. The molecule has 0 spiro atoms. The van der Waals surface area contributed by atoms with Crippen molar-refractivity contribution >= 4 is 33.0 Å². The molecule has 0 aliphatic rings. The van der Waals surface area contributed by atoms with Crippen LogP contribution in [0.5, 0.6) is 0 Å². The molecule has 0 saturated carbocycles. The Labute approximate surface area is 62.3 Å². The molecule has 1 nitrogen and oxygen atoms in total. The molecule has 0 atom stereocenters. The van der Waals surface area contributed by atoms with Crippen LogP contribution in [0.25, 0.3) is 0 Å². The summed E-state index contributed by atoms with van der Waals surface area (Å²) in [6.07, 6.45) is 0.230. The van der Waals surface area contributed by atoms with Crippen LogP contribution in [0.4, 0.5) is 0 Å². The molecule has 4 heteroatoms. The third-order valence-electron chi connectivity index (χ3n) is 0.393. The second-order valence-electron chi connectivity index (χ2n) is 1.59. The monoisotopic (exact) mass is 170 g/mol. The Morgan fingerprint density at radius 1 is 1.38 bits per heavy atom. The average molecular weight is 171 g/mol. The lowest BCUT2D eigenvalue weighted by molar-refractivity contribution is 0.256. The van der Waals surface area contributed by atoms with Crippen molar-refractivity contribution in [3.8, 4) is 0 Å². The van der Waals surface area contributed by atoms with Gasteiger partial charge in [-0.25, -0.2) is 0 Å². The molecule has 0 bridgehead atoms. The van der Waals surface area contributed by atoms with E-state index in [0.717, 1.165) is 0 Å². The minimum absolute atomic E-state index is 0.200. The number of halogens is 2. The van der Waals surface area contributed by atoms with Crippen molar-refractivity contribution in [1.82, 2.24) is 0 Å². The highest BCUT2D eigenvalue weighted by molar-refractivity contribution is 6.65. The van der Waals surface area contributed by atoms with E-state index in [1.165, 1.54) is 0 Å². The van der Waals surface area contributed by atoms with Crippen LogP contribution in [0.1, 0.15) is 13.8 Å². The van der Waals surface area contributed by atoms with Crippen molar-refractivity contribution in [1.29, 1.82) is 0 Å². The van der Waals surface area contributed by atoms with Crippen molar-refractivity contribution in [3.63, 3.8) is 0 Å². The molecule has 2 radical (unpaired) electrons. The van der Waals surface area contributed by atoms with Crippen molar-refractivity contribution in [2.24, 2.45) is 0 Å². The molecule has 0 saturated heterocycles. The van der Waals surface area contributed by atoms with Crippen molar-refractivity contribution in [2.45, 2.75) is 24.4 Å². The molecule has 0 aromatic rings. The van der Waals surface area contributed by atoms with Crippen LogP contribution < -0.4 is 0 Å². The zero-order valence-electron chi connectivity index (χ0n) is 4.82. The average Bonchev–Trinajstić information content (AvgIpc) is 1.61. The summed E-state index contributed by atoms with van der Waals surface area (Å²) < 4.78 is 4.70. The van der Waals surface area contributed by atoms with Crippen molar-refractivity contribution < 1.29 is 4.43 Å². The van der Waals surface area contributed by atoms with Crippen LogP contribution in [0.3, 0.4) is 0 Å². The predicted octanol–water partition coefficient (Wildman–Crippen LogP) is 1.79. The van der Waals surface area contributed by atoms with Gasteiger partial charge in [0.05, 0.1) is 0 Å². The maximum atomic E-state index is 5.37. The summed E-state index contributed by atoms with van der Waals surface area (Å²) in [5, 5.41) is 0. The number of rotatable bonds is 3. The Kier molecular flexibility index (Phi) is 5.06. The van der Waals surface area contributed by atoms with Crippen molar-refractivity contribution in [3.05, 3.63) is 0 Å². The fraction of sp³-hybridized carbons (Fsp3) is 1.00. The van der Waals surface area contributed by atoms with Crippen LogP contribution in [0.15, 0.2) is 0 Å². The van der Waals surface area contributed by atoms with Gasteiger partial charge in [0.1, 0.15) is 4.46 Å². The zero-order chi connectivity index (χ0) is 6.57. The first-order valence-corrected chi connectivity index (χ1v) is 4.18. The SMILES string of the molecule is CC(C)O[Si]C(Cl)Cl. The minimum atomic E-state index is -0.364. The van der Waals surface area contributed by atoms with E-state index in [1.54, 1.807) is 0 Å². The molecule has 0 aromatic heterocycles. The highest BCUT2D eigenvalue weighted by Gasteiger charge is 2.02. The predicted molar refractivity (Wildman–Crippen MR) is 37.5 cm³/mol. The van der Waals surface area contributed by atoms with E-state index in [0.29, 0.717) is 0 Å². The van der Waals surface area contributed by atoms with E-state index in [1.807, 2.05) is 13.8 Å². The van der Waals surface area contributed by atoms with Crippen LogP contribution >= 0.6 is 23.2 Å². The zero-order valence-corrected chi connectivity index (χ0v) is 7.33. The molecule has 0 N–H and O–H groups in total. The van der Waals surface area contributed by atoms with Gasteiger partial charge in [0.15, 0.2) is 0 Å². The minimum Gasteiger partial charge on any atom is -0.412 e. The summed E-state index contributed by atoms with van der Waals surface area (Å²) in [7, 11) is 0.200. The van der Waals surface area contributed by atoms with Crippen molar-refractivity contribution in [2.75, 3.05) is 0 Å². The van der Waals surface area contributed by atoms with Gasteiger partial charge >= 0.3 is 0 Å². The molecular formula is C4H8Cl2OSi. The summed E-state index contributed by atoms with van der Waals surface area (Å²) >= 11 is 10.7. The fourth-order valence-electron chi connectivity index (χ4n) is 0.188. The van der Waals surface area contributed by atoms with Gasteiger partial charge in [-0.3, -0.25) is 0 Å². The highest BCUT2D eigenvalue weighted by Crippen LogP contribution is 2.00. The maximum absolute atomic E-state index is 5.37. The standard InChI is InChI=1S/C4H8Cl2OSi/c1-3(2)7-8-4(5)6/h3-4H,1-2H3. The first kappa shape index (κ1) is 8.76. The molecule has 0 heterocycles. The van der Waals surface area contributed by atoms with Gasteiger partial charge in [0, 0.05) is 6.10 Å². The molecule has 0 fully saturated rings. The Balaban J connectivity index is 2.93. The molecule has 0 unspecified atom stereocenters. The number of hydrogen-bond acceptors (Lipinski definition) is 1. The van der Waals surface area contributed by atoms with Gasteiger partial charge < -0.3 is 4.43 Å². The second kappa shape index (κ2) is 4.62. The lowest BCUT2D eigenvalue weighted by atomic mass is 10.5. The molecule has 0 aromatic carbocycles. The summed E-state index contributed by atoms with van der Waals surface area (Å²) in [6, 6.07) is 0. The number of alkyl halides is 2. The Morgan fingerprint density at radius 3 is 2.00 bits per heavy atom. The van der Waals surface area contributed by atoms with Crippen LogP contribution in [-0.4, -0.2) is 20.3 Å². The number of hydrogen-bond donors (Lipinski definition) is 0. The van der Waals surface area contributed by atoms with Crippen LogP contribution in [-0.2, 0) is 4.43 Å². The summed E-state index contributed by atoms with van der Waals surface area (Å²) in [5.74, 6) is 0. The van der Waals surface area contributed by atoms with Gasteiger partial charge in [-0.2, -0.15) is 0 Å². The topological polar surface area (TPSA) is 9.23 Å². The largest absolute Gasteiger partial charge is 0.412 e. The van der Waals surface area contributed by atoms with Gasteiger partial charge in [0.25, 0.3) is 9.76 Å². The van der Waals surface area contributed by atoms with Gasteiger partial charge in [-0.1, -0.05) is 0 Å². The van der Waals surface area contributed by atoms with E-state index >= 15 is 0 Å². The molecule has 48 valence electrons.